The van der Waals surface area contributed by atoms with Gasteiger partial charge in [0, 0.05) is 17.2 Å². The molecule has 48 heavy (non-hydrogen) atoms. The van der Waals surface area contributed by atoms with Gasteiger partial charge in [-0.1, -0.05) is 11.6 Å². The van der Waals surface area contributed by atoms with E-state index in [1.807, 2.05) is 13.8 Å². The minimum absolute atomic E-state index is 0.0725. The lowest BCUT2D eigenvalue weighted by molar-refractivity contribution is -0.277. The summed E-state index contributed by atoms with van der Waals surface area (Å²) in [4.78, 5) is 14.3. The van der Waals surface area contributed by atoms with E-state index in [2.05, 4.69) is 0 Å². The molecule has 0 unspecified atom stereocenters. The van der Waals surface area contributed by atoms with Gasteiger partial charge in [0.1, 0.15) is 70.9 Å². The molecule has 262 valence electrons. The van der Waals surface area contributed by atoms with Crippen molar-refractivity contribution in [2.75, 3.05) is 13.7 Å². The zero-order valence-electron chi connectivity index (χ0n) is 26.6. The SMILES string of the molecule is COc1ccc(-c2oc3c(CC=C(C)C)c(O[C@H]4O[C@H](CO)[C@@H](O)[C@H](O)[C@H]4O)cc(O)c3c(=O)c2O[C@H]2O[C@@H](C)[C@H](O)[C@@H](O)[C@H]2O)cc1. The van der Waals surface area contributed by atoms with Gasteiger partial charge in [0.25, 0.3) is 0 Å². The molecule has 0 radical (unpaired) electrons. The van der Waals surface area contributed by atoms with Crippen molar-refractivity contribution in [1.29, 1.82) is 0 Å². The predicted octanol–water partition coefficient (Wildman–Crippen LogP) is 0.0679. The molecule has 8 N–H and O–H groups in total. The Hall–Kier alpha value is -3.77. The molecule has 5 rings (SSSR count). The van der Waals surface area contributed by atoms with Gasteiger partial charge in [-0.3, -0.25) is 4.79 Å². The number of aromatic hydroxyl groups is 1. The number of allylic oxidation sites excluding steroid dienone is 2. The molecule has 2 saturated heterocycles. The Morgan fingerprint density at radius 2 is 1.50 bits per heavy atom. The number of ether oxygens (including phenoxy) is 5. The minimum atomic E-state index is -1.77. The zero-order valence-corrected chi connectivity index (χ0v) is 26.6. The van der Waals surface area contributed by atoms with Crippen LogP contribution in [0.3, 0.4) is 0 Å². The highest BCUT2D eigenvalue weighted by atomic mass is 16.7. The maximum atomic E-state index is 14.3. The highest BCUT2D eigenvalue weighted by Gasteiger charge is 2.46. The molecule has 3 aromatic rings. The molecule has 10 atom stereocenters. The zero-order chi connectivity index (χ0) is 35.0. The molecule has 2 aliphatic heterocycles. The number of phenolic OH excluding ortho intramolecular Hbond substituents is 1. The fourth-order valence-electron chi connectivity index (χ4n) is 5.52. The molecule has 15 nitrogen and oxygen atoms in total. The van der Waals surface area contributed by atoms with Crippen molar-refractivity contribution in [2.24, 2.45) is 0 Å². The lowest BCUT2D eigenvalue weighted by atomic mass is 9.99. The van der Waals surface area contributed by atoms with Gasteiger partial charge in [-0.25, -0.2) is 0 Å². The molecule has 2 aromatic carbocycles. The van der Waals surface area contributed by atoms with Crippen molar-refractivity contribution >= 4 is 11.0 Å². The van der Waals surface area contributed by atoms with Crippen molar-refractivity contribution in [1.82, 2.24) is 0 Å². The Morgan fingerprint density at radius 3 is 2.10 bits per heavy atom. The maximum Gasteiger partial charge on any atom is 0.239 e. The molecule has 0 saturated carbocycles. The van der Waals surface area contributed by atoms with Crippen LogP contribution in [0.4, 0.5) is 0 Å². The van der Waals surface area contributed by atoms with Gasteiger partial charge in [-0.15, -0.1) is 0 Å². The Kier molecular flexibility index (Phi) is 10.6. The van der Waals surface area contributed by atoms with Gasteiger partial charge in [-0.05, 0) is 51.5 Å². The number of benzene rings is 2. The molecule has 0 spiro atoms. The number of rotatable bonds is 9. The van der Waals surface area contributed by atoms with Crippen molar-refractivity contribution in [3.63, 3.8) is 0 Å². The maximum absolute atomic E-state index is 14.3. The number of fused-ring (bicyclic) bond motifs is 1. The van der Waals surface area contributed by atoms with Crippen LogP contribution in [-0.4, -0.2) is 116 Å². The van der Waals surface area contributed by atoms with E-state index in [0.29, 0.717) is 11.3 Å². The third-order valence-corrected chi connectivity index (χ3v) is 8.37. The molecule has 2 fully saturated rings. The number of aliphatic hydroxyl groups is 7. The first kappa shape index (κ1) is 35.5. The Bertz CT molecular complexity index is 1680. The first-order chi connectivity index (χ1) is 22.8. The topological polar surface area (TPSA) is 238 Å². The van der Waals surface area contributed by atoms with Gasteiger partial charge < -0.3 is 69.0 Å². The van der Waals surface area contributed by atoms with Crippen LogP contribution in [0, 0.1) is 0 Å². The molecule has 0 aliphatic carbocycles. The fraction of sp³-hybridized carbons (Fsp3) is 0.485. The summed E-state index contributed by atoms with van der Waals surface area (Å²) in [6, 6.07) is 7.41. The van der Waals surface area contributed by atoms with Gasteiger partial charge in [-0.2, -0.15) is 0 Å². The van der Waals surface area contributed by atoms with Crippen LogP contribution in [0.15, 0.2) is 51.2 Å². The van der Waals surface area contributed by atoms with Crippen molar-refractivity contribution in [3.05, 3.63) is 57.8 Å². The lowest BCUT2D eigenvalue weighted by Crippen LogP contribution is -2.60. The van der Waals surface area contributed by atoms with E-state index in [1.165, 1.54) is 14.0 Å². The van der Waals surface area contributed by atoms with Crippen LogP contribution in [0.1, 0.15) is 26.3 Å². The van der Waals surface area contributed by atoms with E-state index >= 15 is 0 Å². The van der Waals surface area contributed by atoms with Crippen LogP contribution in [0.5, 0.6) is 23.0 Å². The van der Waals surface area contributed by atoms with E-state index in [-0.39, 0.29) is 34.5 Å². The molecule has 2 aliphatic rings. The van der Waals surface area contributed by atoms with E-state index in [4.69, 9.17) is 28.1 Å². The monoisotopic (exact) mass is 676 g/mol. The van der Waals surface area contributed by atoms with E-state index in [9.17, 15) is 45.6 Å². The summed E-state index contributed by atoms with van der Waals surface area (Å²) in [6.45, 7) is 4.40. The van der Waals surface area contributed by atoms with Gasteiger partial charge >= 0.3 is 0 Å². The van der Waals surface area contributed by atoms with Crippen molar-refractivity contribution < 1.29 is 69.0 Å². The Morgan fingerprint density at radius 1 is 0.875 bits per heavy atom. The molecule has 3 heterocycles. The first-order valence-electron chi connectivity index (χ1n) is 15.2. The fourth-order valence-corrected chi connectivity index (χ4v) is 5.52. The molecule has 15 heteroatoms. The summed E-state index contributed by atoms with van der Waals surface area (Å²) in [7, 11) is 1.47. The summed E-state index contributed by atoms with van der Waals surface area (Å²) in [5, 5.41) is 82.9. The highest BCUT2D eigenvalue weighted by Crippen LogP contribution is 2.41. The molecular formula is C33H40O15. The van der Waals surface area contributed by atoms with Crippen LogP contribution in [0.25, 0.3) is 22.3 Å². The van der Waals surface area contributed by atoms with Gasteiger partial charge in [0.2, 0.25) is 23.8 Å². The molecule has 1 aromatic heterocycles. The predicted molar refractivity (Wildman–Crippen MR) is 167 cm³/mol. The van der Waals surface area contributed by atoms with Crippen LogP contribution in [0.2, 0.25) is 0 Å². The molecule has 0 amide bonds. The second-order valence-corrected chi connectivity index (χ2v) is 12.0. The summed E-state index contributed by atoms with van der Waals surface area (Å²) in [5.41, 5.74) is 0.341. The van der Waals surface area contributed by atoms with Crippen LogP contribution in [-0.2, 0) is 15.9 Å². The van der Waals surface area contributed by atoms with E-state index in [0.717, 1.165) is 11.6 Å². The normalized spacial score (nSPS) is 30.6. The number of hydrogen-bond donors (Lipinski definition) is 8. The van der Waals surface area contributed by atoms with E-state index < -0.39 is 84.9 Å². The number of hydrogen-bond acceptors (Lipinski definition) is 15. The summed E-state index contributed by atoms with van der Waals surface area (Å²) < 4.78 is 34.5. The largest absolute Gasteiger partial charge is 0.507 e. The first-order valence-corrected chi connectivity index (χ1v) is 15.2. The second-order valence-electron chi connectivity index (χ2n) is 12.0. The standard InChI is InChI=1S/C33H40O15/c1-13(2)5-10-17-19(45-33-28(42)26(40)23(37)20(12-34)46-33)11-18(35)21-24(38)31(48-32-27(41)25(39)22(36)14(3)44-32)29(47-30(17)21)15-6-8-16(43-4)9-7-15/h5-9,11,14,20,22-23,25-28,32-37,39-42H,10,12H2,1-4H3/t14-,20+,22-,23+,25+,26-,27+,28+,32+,33-/m0/s1. The number of methoxy groups -OCH3 is 1. The molecule has 0 bridgehead atoms. The molecular weight excluding hydrogens is 636 g/mol. The average Bonchev–Trinajstić information content (AvgIpc) is 3.06. The van der Waals surface area contributed by atoms with Crippen LogP contribution >= 0.6 is 0 Å². The number of aliphatic hydroxyl groups excluding tert-OH is 7. The third kappa shape index (κ3) is 6.74. The Labute approximate surface area is 274 Å². The van der Waals surface area contributed by atoms with Crippen molar-refractivity contribution in [3.8, 4) is 34.3 Å². The van der Waals surface area contributed by atoms with Gasteiger partial charge in [0.15, 0.2) is 5.76 Å². The second kappa shape index (κ2) is 14.4. The van der Waals surface area contributed by atoms with Crippen LogP contribution < -0.4 is 19.6 Å². The van der Waals surface area contributed by atoms with E-state index in [1.54, 1.807) is 30.3 Å². The van der Waals surface area contributed by atoms with Gasteiger partial charge in [0.05, 0.1) is 19.8 Å². The average molecular weight is 677 g/mol. The third-order valence-electron chi connectivity index (χ3n) is 8.37. The highest BCUT2D eigenvalue weighted by molar-refractivity contribution is 5.91. The summed E-state index contributed by atoms with van der Waals surface area (Å²) in [5.74, 6) is -0.922. The Balaban J connectivity index is 1.71. The summed E-state index contributed by atoms with van der Waals surface area (Å²) >= 11 is 0. The summed E-state index contributed by atoms with van der Waals surface area (Å²) in [6.07, 6.45) is -13.7. The minimum Gasteiger partial charge on any atom is -0.507 e. The van der Waals surface area contributed by atoms with Crippen molar-refractivity contribution in [2.45, 2.75) is 88.6 Å². The quantitative estimate of drug-likeness (QED) is 0.140. The smallest absolute Gasteiger partial charge is 0.239 e. The lowest BCUT2D eigenvalue weighted by Gasteiger charge is -2.39. The number of phenols is 1.